The molecule has 0 aliphatic carbocycles. The molecule has 1 unspecified atom stereocenters. The molecule has 0 bridgehead atoms. The predicted octanol–water partition coefficient (Wildman–Crippen LogP) is 4.89. The van der Waals surface area contributed by atoms with E-state index < -0.39 is 5.79 Å². The molecule has 2 heterocycles. The Morgan fingerprint density at radius 2 is 1.76 bits per heavy atom. The molecule has 1 saturated heterocycles. The number of anilines is 1. The van der Waals surface area contributed by atoms with E-state index in [-0.39, 0.29) is 36.1 Å². The minimum atomic E-state index is -0.615. The van der Waals surface area contributed by atoms with E-state index in [1.807, 2.05) is 45.9 Å². The van der Waals surface area contributed by atoms with Crippen LogP contribution in [0.25, 0.3) is 6.08 Å². The fourth-order valence-corrected chi connectivity index (χ4v) is 4.03. The zero-order valence-corrected chi connectivity index (χ0v) is 18.3. The molecule has 0 aromatic heterocycles. The molecule has 0 radical (unpaired) electrons. The van der Waals surface area contributed by atoms with Crippen LogP contribution in [0.4, 0.5) is 5.69 Å². The van der Waals surface area contributed by atoms with Gasteiger partial charge in [0.25, 0.3) is 0 Å². The quantitative estimate of drug-likeness (QED) is 0.382. The van der Waals surface area contributed by atoms with Crippen LogP contribution >= 0.6 is 0 Å². The van der Waals surface area contributed by atoms with Crippen LogP contribution in [-0.4, -0.2) is 30.1 Å². The van der Waals surface area contributed by atoms with Crippen LogP contribution in [0.5, 0.6) is 0 Å². The Kier molecular flexibility index (Phi) is 6.20. The summed E-state index contributed by atoms with van der Waals surface area (Å²) in [6, 6.07) is 3.62. The Bertz CT molecular complexity index is 826. The topological polar surface area (TPSA) is 70.8 Å². The van der Waals surface area contributed by atoms with Gasteiger partial charge in [-0.2, -0.15) is 0 Å². The van der Waals surface area contributed by atoms with Gasteiger partial charge in [-0.3, -0.25) is 0 Å². The number of hydrogen-bond acceptors (Lipinski definition) is 5. The van der Waals surface area contributed by atoms with E-state index >= 15 is 0 Å². The minimum Gasteiger partial charge on any atom is -0.458 e. The average Bonchev–Trinajstić information content (AvgIpc) is 2.92. The third-order valence-electron chi connectivity index (χ3n) is 5.75. The van der Waals surface area contributed by atoms with E-state index in [1.54, 1.807) is 6.07 Å². The maximum atomic E-state index is 12.9. The first-order chi connectivity index (χ1) is 13.6. The number of aryl methyl sites for hydroxylation is 1. The Balaban J connectivity index is 2.02. The summed E-state index contributed by atoms with van der Waals surface area (Å²) in [5.74, 6) is -0.685. The molecule has 3 rings (SSSR count). The first kappa shape index (κ1) is 21.6. The van der Waals surface area contributed by atoms with Gasteiger partial charge in [-0.1, -0.05) is 38.2 Å². The van der Waals surface area contributed by atoms with E-state index in [9.17, 15) is 4.79 Å². The molecule has 1 fully saturated rings. The highest BCUT2D eigenvalue weighted by Gasteiger charge is 2.42. The zero-order valence-electron chi connectivity index (χ0n) is 18.3. The van der Waals surface area contributed by atoms with Gasteiger partial charge in [0.1, 0.15) is 6.10 Å². The Morgan fingerprint density at radius 3 is 2.48 bits per heavy atom. The third kappa shape index (κ3) is 4.90. The van der Waals surface area contributed by atoms with Crippen molar-refractivity contribution >= 4 is 17.7 Å². The SMILES string of the molecule is Cc1cc(N)cc2c1C(=O)O[C@@H](C)[C@H](C)/C=C\C(C)[C@H]1OC(C)(C)O[C@H]1CC=C2. The monoisotopic (exact) mass is 399 g/mol. The smallest absolute Gasteiger partial charge is 0.339 e. The number of carbonyl (C=O) groups excluding carboxylic acids is 1. The summed E-state index contributed by atoms with van der Waals surface area (Å²) in [7, 11) is 0. The van der Waals surface area contributed by atoms with Crippen LogP contribution in [0.3, 0.4) is 0 Å². The van der Waals surface area contributed by atoms with Crippen molar-refractivity contribution in [2.24, 2.45) is 11.8 Å². The second-order valence-corrected chi connectivity index (χ2v) is 8.79. The molecule has 158 valence electrons. The van der Waals surface area contributed by atoms with Gasteiger partial charge < -0.3 is 19.9 Å². The lowest BCUT2D eigenvalue weighted by molar-refractivity contribution is -0.148. The summed E-state index contributed by atoms with van der Waals surface area (Å²) in [5, 5.41) is 0. The molecule has 1 aromatic carbocycles. The number of carbonyl (C=O) groups is 1. The highest BCUT2D eigenvalue weighted by atomic mass is 16.8. The Morgan fingerprint density at radius 1 is 1.07 bits per heavy atom. The standard InChI is InChI=1S/C24H33NO4/c1-14-10-11-15(2)22-20(28-24(5,6)29-22)9-7-8-18-13-19(25)12-16(3)21(18)23(26)27-17(14)4/h7-8,10-15,17,20,22H,9,25H2,1-6H3/b8-7?,11-10-/t14-,15?,17+,20+,22-/m1/s1. The summed E-state index contributed by atoms with van der Waals surface area (Å²) in [4.78, 5) is 12.9. The van der Waals surface area contributed by atoms with Gasteiger partial charge in [0, 0.05) is 17.5 Å². The number of cyclic esters (lactones) is 1. The van der Waals surface area contributed by atoms with Crippen molar-refractivity contribution in [1.29, 1.82) is 0 Å². The molecule has 0 spiro atoms. The Hall–Kier alpha value is -2.11. The average molecular weight is 400 g/mol. The minimum absolute atomic E-state index is 0.0408. The van der Waals surface area contributed by atoms with Crippen LogP contribution in [0.2, 0.25) is 0 Å². The number of fused-ring (bicyclic) bond motifs is 2. The van der Waals surface area contributed by atoms with Gasteiger partial charge in [0.2, 0.25) is 0 Å². The number of ether oxygens (including phenoxy) is 3. The molecular formula is C24H33NO4. The lowest BCUT2D eigenvalue weighted by Crippen LogP contribution is -2.29. The van der Waals surface area contributed by atoms with Gasteiger partial charge in [-0.15, -0.1) is 0 Å². The Labute approximate surface area is 173 Å². The predicted molar refractivity (Wildman–Crippen MR) is 115 cm³/mol. The number of nitrogens with two attached hydrogens (primary N) is 1. The fraction of sp³-hybridized carbons (Fsp3) is 0.542. The second-order valence-electron chi connectivity index (χ2n) is 8.79. The van der Waals surface area contributed by atoms with Crippen LogP contribution in [0.15, 0.2) is 30.4 Å². The third-order valence-corrected chi connectivity index (χ3v) is 5.75. The number of rotatable bonds is 0. The summed E-state index contributed by atoms with van der Waals surface area (Å²) in [6.07, 6.45) is 8.54. The van der Waals surface area contributed by atoms with Crippen molar-refractivity contribution in [3.63, 3.8) is 0 Å². The van der Waals surface area contributed by atoms with Crippen molar-refractivity contribution < 1.29 is 19.0 Å². The summed E-state index contributed by atoms with van der Waals surface area (Å²) < 4.78 is 18.2. The van der Waals surface area contributed by atoms with Crippen LogP contribution < -0.4 is 5.73 Å². The van der Waals surface area contributed by atoms with E-state index in [1.165, 1.54) is 0 Å². The fourth-order valence-electron chi connectivity index (χ4n) is 4.03. The van der Waals surface area contributed by atoms with Crippen LogP contribution in [-0.2, 0) is 14.2 Å². The molecule has 2 aliphatic rings. The van der Waals surface area contributed by atoms with E-state index in [0.29, 0.717) is 17.7 Å². The highest BCUT2D eigenvalue weighted by Crippen LogP contribution is 2.35. The summed E-state index contributed by atoms with van der Waals surface area (Å²) in [6.45, 7) is 11.9. The van der Waals surface area contributed by atoms with Crippen molar-refractivity contribution in [1.82, 2.24) is 0 Å². The van der Waals surface area contributed by atoms with E-state index in [2.05, 4.69) is 26.0 Å². The molecule has 0 saturated carbocycles. The maximum Gasteiger partial charge on any atom is 0.339 e. The zero-order chi connectivity index (χ0) is 21.3. The second kappa shape index (κ2) is 8.33. The molecular weight excluding hydrogens is 366 g/mol. The van der Waals surface area contributed by atoms with Gasteiger partial charge in [-0.05, 0) is 57.4 Å². The van der Waals surface area contributed by atoms with Crippen LogP contribution in [0, 0.1) is 18.8 Å². The van der Waals surface area contributed by atoms with Gasteiger partial charge in [0.15, 0.2) is 5.79 Å². The van der Waals surface area contributed by atoms with Crippen molar-refractivity contribution in [3.8, 4) is 0 Å². The van der Waals surface area contributed by atoms with Crippen molar-refractivity contribution in [3.05, 3.63) is 47.1 Å². The molecule has 2 N–H and O–H groups in total. The first-order valence-corrected chi connectivity index (χ1v) is 10.4. The van der Waals surface area contributed by atoms with Crippen LogP contribution in [0.1, 0.15) is 62.5 Å². The largest absolute Gasteiger partial charge is 0.458 e. The summed E-state index contributed by atoms with van der Waals surface area (Å²) in [5.41, 5.74) is 8.80. The normalized spacial score (nSPS) is 33.3. The van der Waals surface area contributed by atoms with Gasteiger partial charge in [-0.25, -0.2) is 4.79 Å². The first-order valence-electron chi connectivity index (χ1n) is 10.4. The molecule has 5 nitrogen and oxygen atoms in total. The van der Waals surface area contributed by atoms with E-state index in [4.69, 9.17) is 19.9 Å². The number of benzene rings is 1. The molecule has 2 aliphatic heterocycles. The molecule has 5 heteroatoms. The number of nitrogen functional groups attached to an aromatic ring is 1. The van der Waals surface area contributed by atoms with Gasteiger partial charge >= 0.3 is 5.97 Å². The molecule has 5 atom stereocenters. The number of hydrogen-bond donors (Lipinski definition) is 1. The lowest BCUT2D eigenvalue weighted by atomic mass is 9.94. The van der Waals surface area contributed by atoms with Gasteiger partial charge in [0.05, 0.1) is 17.8 Å². The number of esters is 1. The highest BCUT2D eigenvalue weighted by molar-refractivity contribution is 5.96. The van der Waals surface area contributed by atoms with E-state index in [0.717, 1.165) is 11.1 Å². The molecule has 0 amide bonds. The summed E-state index contributed by atoms with van der Waals surface area (Å²) >= 11 is 0. The van der Waals surface area contributed by atoms with Crippen molar-refractivity contribution in [2.75, 3.05) is 5.73 Å². The van der Waals surface area contributed by atoms with Crippen molar-refractivity contribution in [2.45, 2.75) is 72.1 Å². The molecule has 29 heavy (non-hydrogen) atoms. The maximum absolute atomic E-state index is 12.9. The molecule has 1 aromatic rings. The lowest BCUT2D eigenvalue weighted by Gasteiger charge is -2.23.